The molecule has 0 spiro atoms. The van der Waals surface area contributed by atoms with Crippen LogP contribution in [0.25, 0.3) is 0 Å². The largest absolute Gasteiger partial charge is 0.377 e. The molecule has 0 aliphatic carbocycles. The topological polar surface area (TPSA) is 38.3 Å². The standard InChI is InChI=1S/C18H19Cl2NO2/c1-2-23-12-14-5-3-13(4-6-14)11-21-18(22)10-15-7-8-16(19)17(20)9-15/h3-9H,2,10-12H2,1H3,(H,21,22). The van der Waals surface area contributed by atoms with E-state index in [4.69, 9.17) is 27.9 Å². The lowest BCUT2D eigenvalue weighted by molar-refractivity contribution is -0.120. The van der Waals surface area contributed by atoms with E-state index in [1.165, 1.54) is 0 Å². The van der Waals surface area contributed by atoms with E-state index < -0.39 is 0 Å². The highest BCUT2D eigenvalue weighted by molar-refractivity contribution is 6.42. The number of benzene rings is 2. The average Bonchev–Trinajstić information content (AvgIpc) is 2.55. The van der Waals surface area contributed by atoms with Gasteiger partial charge in [-0.15, -0.1) is 0 Å². The lowest BCUT2D eigenvalue weighted by atomic mass is 10.1. The molecule has 5 heteroatoms. The summed E-state index contributed by atoms with van der Waals surface area (Å²) in [5.74, 6) is -0.0539. The fourth-order valence-electron chi connectivity index (χ4n) is 2.07. The predicted molar refractivity (Wildman–Crippen MR) is 93.8 cm³/mol. The van der Waals surface area contributed by atoms with E-state index in [-0.39, 0.29) is 12.3 Å². The Bertz CT molecular complexity index is 657. The van der Waals surface area contributed by atoms with Crippen LogP contribution in [-0.4, -0.2) is 12.5 Å². The van der Waals surface area contributed by atoms with Crippen molar-refractivity contribution >= 4 is 29.1 Å². The maximum absolute atomic E-state index is 12.0. The van der Waals surface area contributed by atoms with Gasteiger partial charge in [0.15, 0.2) is 0 Å². The molecule has 0 saturated carbocycles. The second-order valence-corrected chi connectivity index (χ2v) is 5.97. The number of nitrogens with one attached hydrogen (secondary N) is 1. The molecule has 1 N–H and O–H groups in total. The molecule has 2 aromatic rings. The first-order valence-corrected chi connectivity index (χ1v) is 8.20. The van der Waals surface area contributed by atoms with E-state index >= 15 is 0 Å². The molecule has 0 saturated heterocycles. The Hall–Kier alpha value is -1.55. The average molecular weight is 352 g/mol. The Kier molecular flexibility index (Phi) is 6.90. The summed E-state index contributed by atoms with van der Waals surface area (Å²) in [6.45, 7) is 3.78. The third-order valence-corrected chi connectivity index (χ3v) is 4.07. The SMILES string of the molecule is CCOCc1ccc(CNC(=O)Cc2ccc(Cl)c(Cl)c2)cc1. The van der Waals surface area contributed by atoms with Crippen LogP contribution in [-0.2, 0) is 29.1 Å². The van der Waals surface area contributed by atoms with Crippen LogP contribution in [0.1, 0.15) is 23.6 Å². The van der Waals surface area contributed by atoms with Gasteiger partial charge in [-0.3, -0.25) is 4.79 Å². The smallest absolute Gasteiger partial charge is 0.224 e. The van der Waals surface area contributed by atoms with Gasteiger partial charge in [0.2, 0.25) is 5.91 Å². The molecule has 0 unspecified atom stereocenters. The third-order valence-electron chi connectivity index (χ3n) is 3.33. The number of carbonyl (C=O) groups is 1. The molecule has 3 nitrogen and oxygen atoms in total. The van der Waals surface area contributed by atoms with Gasteiger partial charge in [-0.25, -0.2) is 0 Å². The quantitative estimate of drug-likeness (QED) is 0.803. The molecule has 2 rings (SSSR count). The number of halogens is 2. The maximum Gasteiger partial charge on any atom is 0.224 e. The Morgan fingerprint density at radius 3 is 2.30 bits per heavy atom. The van der Waals surface area contributed by atoms with Crippen molar-refractivity contribution < 1.29 is 9.53 Å². The van der Waals surface area contributed by atoms with Crippen molar-refractivity contribution in [1.29, 1.82) is 0 Å². The first-order valence-electron chi connectivity index (χ1n) is 7.44. The second kappa shape index (κ2) is 8.92. The molecular formula is C18H19Cl2NO2. The lowest BCUT2D eigenvalue weighted by Gasteiger charge is -2.07. The lowest BCUT2D eigenvalue weighted by Crippen LogP contribution is -2.24. The van der Waals surface area contributed by atoms with Crippen molar-refractivity contribution in [3.63, 3.8) is 0 Å². The molecule has 23 heavy (non-hydrogen) atoms. The van der Waals surface area contributed by atoms with Crippen LogP contribution in [0.4, 0.5) is 0 Å². The molecule has 0 radical (unpaired) electrons. The fraction of sp³-hybridized carbons (Fsp3) is 0.278. The summed E-state index contributed by atoms with van der Waals surface area (Å²) < 4.78 is 5.35. The molecule has 0 aromatic heterocycles. The van der Waals surface area contributed by atoms with Gasteiger partial charge in [0.1, 0.15) is 0 Å². The molecule has 0 aliphatic heterocycles. The number of hydrogen-bond donors (Lipinski definition) is 1. The van der Waals surface area contributed by atoms with Crippen LogP contribution in [0.2, 0.25) is 10.0 Å². The molecule has 0 atom stereocenters. The first-order chi connectivity index (χ1) is 11.1. The fourth-order valence-corrected chi connectivity index (χ4v) is 2.39. The van der Waals surface area contributed by atoms with E-state index in [0.717, 1.165) is 16.7 Å². The molecule has 122 valence electrons. The Morgan fingerprint density at radius 2 is 1.65 bits per heavy atom. The highest BCUT2D eigenvalue weighted by Crippen LogP contribution is 2.22. The van der Waals surface area contributed by atoms with Crippen molar-refractivity contribution in [3.05, 3.63) is 69.2 Å². The van der Waals surface area contributed by atoms with Crippen molar-refractivity contribution in [3.8, 4) is 0 Å². The summed E-state index contributed by atoms with van der Waals surface area (Å²) in [4.78, 5) is 12.0. The number of carbonyl (C=O) groups excluding carboxylic acids is 1. The van der Waals surface area contributed by atoms with E-state index in [0.29, 0.717) is 29.8 Å². The van der Waals surface area contributed by atoms with Gasteiger partial charge < -0.3 is 10.1 Å². The van der Waals surface area contributed by atoms with Crippen molar-refractivity contribution in [1.82, 2.24) is 5.32 Å². The molecular weight excluding hydrogens is 333 g/mol. The van der Waals surface area contributed by atoms with E-state index in [9.17, 15) is 4.79 Å². The molecule has 2 aromatic carbocycles. The van der Waals surface area contributed by atoms with Gasteiger partial charge in [0.05, 0.1) is 23.1 Å². The summed E-state index contributed by atoms with van der Waals surface area (Å²) in [6, 6.07) is 13.2. The van der Waals surface area contributed by atoms with Crippen molar-refractivity contribution in [2.24, 2.45) is 0 Å². The minimum atomic E-state index is -0.0539. The molecule has 0 fully saturated rings. The second-order valence-electron chi connectivity index (χ2n) is 5.16. The van der Waals surface area contributed by atoms with E-state index in [2.05, 4.69) is 5.32 Å². The van der Waals surface area contributed by atoms with Gasteiger partial charge >= 0.3 is 0 Å². The summed E-state index contributed by atoms with van der Waals surface area (Å²) in [5.41, 5.74) is 3.01. The van der Waals surface area contributed by atoms with Crippen LogP contribution < -0.4 is 5.32 Å². The van der Waals surface area contributed by atoms with E-state index in [1.54, 1.807) is 18.2 Å². The number of ether oxygens (including phenoxy) is 1. The third kappa shape index (κ3) is 5.87. The zero-order valence-corrected chi connectivity index (χ0v) is 14.5. The van der Waals surface area contributed by atoms with Crippen LogP contribution in [0.3, 0.4) is 0 Å². The molecule has 0 heterocycles. The van der Waals surface area contributed by atoms with Crippen LogP contribution in [0.15, 0.2) is 42.5 Å². The van der Waals surface area contributed by atoms with Gasteiger partial charge in [-0.05, 0) is 35.7 Å². The summed E-state index contributed by atoms with van der Waals surface area (Å²) >= 11 is 11.8. The zero-order valence-electron chi connectivity index (χ0n) is 12.9. The van der Waals surface area contributed by atoms with Gasteiger partial charge in [0.25, 0.3) is 0 Å². The minimum absolute atomic E-state index is 0.0539. The molecule has 1 amide bonds. The molecule has 0 aliphatic rings. The van der Waals surface area contributed by atoms with Gasteiger partial charge in [0, 0.05) is 13.2 Å². The number of hydrogen-bond acceptors (Lipinski definition) is 2. The number of rotatable bonds is 7. The number of amides is 1. The minimum Gasteiger partial charge on any atom is -0.377 e. The highest BCUT2D eigenvalue weighted by Gasteiger charge is 2.06. The van der Waals surface area contributed by atoms with Crippen molar-refractivity contribution in [2.45, 2.75) is 26.5 Å². The van der Waals surface area contributed by atoms with Crippen LogP contribution >= 0.6 is 23.2 Å². The summed E-state index contributed by atoms with van der Waals surface area (Å²) in [5, 5.41) is 3.85. The van der Waals surface area contributed by atoms with E-state index in [1.807, 2.05) is 31.2 Å². The van der Waals surface area contributed by atoms with Crippen LogP contribution in [0, 0.1) is 0 Å². The predicted octanol–water partition coefficient (Wildman–Crippen LogP) is 4.39. The van der Waals surface area contributed by atoms with Crippen LogP contribution in [0.5, 0.6) is 0 Å². The van der Waals surface area contributed by atoms with Gasteiger partial charge in [-0.1, -0.05) is 53.5 Å². The monoisotopic (exact) mass is 351 g/mol. The summed E-state index contributed by atoms with van der Waals surface area (Å²) in [6.07, 6.45) is 0.277. The Balaban J connectivity index is 1.82. The Morgan fingerprint density at radius 1 is 1.00 bits per heavy atom. The maximum atomic E-state index is 12.0. The zero-order chi connectivity index (χ0) is 16.7. The highest BCUT2D eigenvalue weighted by atomic mass is 35.5. The molecule has 0 bridgehead atoms. The summed E-state index contributed by atoms with van der Waals surface area (Å²) in [7, 11) is 0. The van der Waals surface area contributed by atoms with Gasteiger partial charge in [-0.2, -0.15) is 0 Å². The normalized spacial score (nSPS) is 10.6. The Labute approximate surface area is 146 Å². The van der Waals surface area contributed by atoms with Crippen molar-refractivity contribution in [2.75, 3.05) is 6.61 Å². The first kappa shape index (κ1) is 17.8.